The molecular formula is C32H36N2O8. The molecule has 0 atom stereocenters. The maximum atomic E-state index is 13.1. The first-order chi connectivity index (χ1) is 20.0. The van der Waals surface area contributed by atoms with Crippen molar-refractivity contribution in [2.24, 2.45) is 0 Å². The Hall–Kier alpha value is -4.60. The Balaban J connectivity index is 2.37. The summed E-state index contributed by atoms with van der Waals surface area (Å²) in [5.74, 6) is -2.49. The molecule has 2 heterocycles. The van der Waals surface area contributed by atoms with E-state index in [1.807, 2.05) is 0 Å². The van der Waals surface area contributed by atoms with E-state index in [4.69, 9.17) is 18.9 Å². The molecule has 1 aromatic carbocycles. The minimum atomic E-state index is -0.623. The molecule has 10 nitrogen and oxygen atoms in total. The number of aromatic nitrogens is 2. The predicted molar refractivity (Wildman–Crippen MR) is 156 cm³/mol. The second-order valence-electron chi connectivity index (χ2n) is 9.27. The fourth-order valence-electron chi connectivity index (χ4n) is 4.89. The van der Waals surface area contributed by atoms with Gasteiger partial charge in [-0.05, 0) is 66.5 Å². The van der Waals surface area contributed by atoms with Gasteiger partial charge in [0.15, 0.2) is 0 Å². The lowest BCUT2D eigenvalue weighted by molar-refractivity contribution is 0.0505. The van der Waals surface area contributed by atoms with Crippen LogP contribution >= 0.6 is 0 Å². The maximum Gasteiger partial charge on any atom is 0.340 e. The molecule has 0 saturated heterocycles. The molecule has 0 aliphatic carbocycles. The lowest BCUT2D eigenvalue weighted by atomic mass is 9.89. The van der Waals surface area contributed by atoms with Crippen LogP contribution in [0.4, 0.5) is 0 Å². The fraction of sp³-hybridized carbons (Fsp3) is 0.375. The smallest absolute Gasteiger partial charge is 0.340 e. The molecule has 0 unspecified atom stereocenters. The summed E-state index contributed by atoms with van der Waals surface area (Å²) in [7, 11) is 0. The van der Waals surface area contributed by atoms with Crippen molar-refractivity contribution >= 4 is 23.9 Å². The van der Waals surface area contributed by atoms with Gasteiger partial charge in [-0.2, -0.15) is 0 Å². The average Bonchev–Trinajstić information content (AvgIpc) is 2.92. The molecule has 0 saturated carbocycles. The first-order valence-electron chi connectivity index (χ1n) is 13.8. The van der Waals surface area contributed by atoms with Gasteiger partial charge in [-0.3, -0.25) is 9.97 Å². The topological polar surface area (TPSA) is 131 Å². The summed E-state index contributed by atoms with van der Waals surface area (Å²) in [5, 5.41) is 0. The number of ether oxygens (including phenoxy) is 4. The highest BCUT2D eigenvalue weighted by molar-refractivity contribution is 6.09. The van der Waals surface area contributed by atoms with E-state index in [0.717, 1.165) is 0 Å². The SMILES string of the molecule is CCOC(=O)c1c(C)nc(C)c(C(=O)OCC)c1-c1ccc(-c2c(C(=O)OCC)c(C)nc(C)c2C(=O)OCC)cc1. The van der Waals surface area contributed by atoms with E-state index in [1.54, 1.807) is 79.7 Å². The third kappa shape index (κ3) is 6.32. The summed E-state index contributed by atoms with van der Waals surface area (Å²) >= 11 is 0. The Bertz CT molecular complexity index is 1330. The van der Waals surface area contributed by atoms with E-state index in [-0.39, 0.29) is 48.7 Å². The van der Waals surface area contributed by atoms with E-state index < -0.39 is 23.9 Å². The normalized spacial score (nSPS) is 10.7. The molecule has 0 fully saturated rings. The van der Waals surface area contributed by atoms with Gasteiger partial charge in [0.05, 0.1) is 71.5 Å². The van der Waals surface area contributed by atoms with Gasteiger partial charge < -0.3 is 18.9 Å². The molecule has 0 radical (unpaired) electrons. The summed E-state index contributed by atoms with van der Waals surface area (Å²) in [6, 6.07) is 6.79. The van der Waals surface area contributed by atoms with E-state index in [2.05, 4.69) is 9.97 Å². The number of nitrogens with zero attached hydrogens (tertiary/aromatic N) is 2. The predicted octanol–water partition coefficient (Wildman–Crippen LogP) is 5.75. The van der Waals surface area contributed by atoms with Crippen molar-refractivity contribution in [2.45, 2.75) is 55.4 Å². The molecule has 0 bridgehead atoms. The van der Waals surface area contributed by atoms with Crippen LogP contribution in [0.3, 0.4) is 0 Å². The molecule has 0 spiro atoms. The summed E-state index contributed by atoms with van der Waals surface area (Å²) in [6.45, 7) is 14.0. The molecule has 3 rings (SSSR count). The minimum Gasteiger partial charge on any atom is -0.462 e. The highest BCUT2D eigenvalue weighted by Crippen LogP contribution is 2.37. The Morgan fingerprint density at radius 2 is 0.690 bits per heavy atom. The Morgan fingerprint density at radius 1 is 0.476 bits per heavy atom. The molecule has 0 aliphatic heterocycles. The van der Waals surface area contributed by atoms with Crippen molar-refractivity contribution in [3.63, 3.8) is 0 Å². The molecule has 10 heteroatoms. The highest BCUT2D eigenvalue weighted by atomic mass is 16.5. The number of benzene rings is 1. The van der Waals surface area contributed by atoms with Crippen LogP contribution in [0.5, 0.6) is 0 Å². The Labute approximate surface area is 245 Å². The number of esters is 4. The summed E-state index contributed by atoms with van der Waals surface area (Å²) in [5.41, 5.74) is 3.83. The van der Waals surface area contributed by atoms with Crippen LogP contribution in [-0.4, -0.2) is 60.3 Å². The number of aryl methyl sites for hydroxylation is 4. The van der Waals surface area contributed by atoms with Crippen molar-refractivity contribution in [1.82, 2.24) is 9.97 Å². The van der Waals surface area contributed by atoms with Crippen LogP contribution in [0.15, 0.2) is 24.3 Å². The monoisotopic (exact) mass is 576 g/mol. The standard InChI is InChI=1S/C32H36N2O8/c1-9-39-29(35)23-17(5)33-18(6)24(30(36)40-10-2)27(23)21-13-15-22(16-14-21)28-25(31(37)41-11-3)19(7)34-20(8)26(28)32(38)42-12-4/h13-16H,9-12H2,1-8H3. The molecule has 2 aromatic heterocycles. The summed E-state index contributed by atoms with van der Waals surface area (Å²) < 4.78 is 21.3. The first kappa shape index (κ1) is 31.9. The van der Waals surface area contributed by atoms with Crippen LogP contribution in [0.2, 0.25) is 0 Å². The van der Waals surface area contributed by atoms with Crippen molar-refractivity contribution < 1.29 is 38.1 Å². The van der Waals surface area contributed by atoms with Crippen molar-refractivity contribution in [2.75, 3.05) is 26.4 Å². The van der Waals surface area contributed by atoms with Crippen LogP contribution < -0.4 is 0 Å². The van der Waals surface area contributed by atoms with Gasteiger partial charge in [0, 0.05) is 11.1 Å². The van der Waals surface area contributed by atoms with Crippen LogP contribution in [0, 0.1) is 27.7 Å². The van der Waals surface area contributed by atoms with E-state index in [1.165, 1.54) is 0 Å². The fourth-order valence-corrected chi connectivity index (χ4v) is 4.89. The van der Waals surface area contributed by atoms with E-state index in [0.29, 0.717) is 45.0 Å². The van der Waals surface area contributed by atoms with Gasteiger partial charge in [0.2, 0.25) is 0 Å². The zero-order chi connectivity index (χ0) is 31.1. The number of rotatable bonds is 10. The number of carbonyl (C=O) groups is 4. The zero-order valence-corrected chi connectivity index (χ0v) is 25.3. The molecule has 42 heavy (non-hydrogen) atoms. The van der Waals surface area contributed by atoms with Gasteiger partial charge in [-0.15, -0.1) is 0 Å². The third-order valence-electron chi connectivity index (χ3n) is 6.50. The zero-order valence-electron chi connectivity index (χ0n) is 25.3. The number of pyridine rings is 2. The van der Waals surface area contributed by atoms with Gasteiger partial charge in [-0.25, -0.2) is 19.2 Å². The molecule has 0 amide bonds. The number of hydrogen-bond donors (Lipinski definition) is 0. The average molecular weight is 577 g/mol. The third-order valence-corrected chi connectivity index (χ3v) is 6.50. The lowest BCUT2D eigenvalue weighted by Gasteiger charge is -2.19. The molecular weight excluding hydrogens is 540 g/mol. The molecule has 222 valence electrons. The second kappa shape index (κ2) is 13.8. The van der Waals surface area contributed by atoms with Crippen molar-refractivity contribution in [1.29, 1.82) is 0 Å². The van der Waals surface area contributed by atoms with Crippen LogP contribution in [-0.2, 0) is 18.9 Å². The van der Waals surface area contributed by atoms with Crippen molar-refractivity contribution in [3.8, 4) is 22.3 Å². The van der Waals surface area contributed by atoms with E-state index >= 15 is 0 Å². The number of hydrogen-bond acceptors (Lipinski definition) is 10. The van der Waals surface area contributed by atoms with Gasteiger partial charge in [0.1, 0.15) is 0 Å². The van der Waals surface area contributed by atoms with Gasteiger partial charge in [0.25, 0.3) is 0 Å². The quantitative estimate of drug-likeness (QED) is 0.217. The van der Waals surface area contributed by atoms with Gasteiger partial charge >= 0.3 is 23.9 Å². The molecule has 3 aromatic rings. The van der Waals surface area contributed by atoms with Crippen molar-refractivity contribution in [3.05, 3.63) is 69.3 Å². The Kier molecular flexibility index (Phi) is 10.5. The Morgan fingerprint density at radius 3 is 0.881 bits per heavy atom. The maximum absolute atomic E-state index is 13.1. The van der Waals surface area contributed by atoms with Crippen LogP contribution in [0.1, 0.15) is 91.9 Å². The van der Waals surface area contributed by atoms with E-state index in [9.17, 15) is 19.2 Å². The largest absolute Gasteiger partial charge is 0.462 e. The second-order valence-corrected chi connectivity index (χ2v) is 9.27. The van der Waals surface area contributed by atoms with Crippen LogP contribution in [0.25, 0.3) is 22.3 Å². The summed E-state index contributed by atoms with van der Waals surface area (Å²) in [6.07, 6.45) is 0. The number of carbonyl (C=O) groups excluding carboxylic acids is 4. The van der Waals surface area contributed by atoms with Gasteiger partial charge in [-0.1, -0.05) is 24.3 Å². The summed E-state index contributed by atoms with van der Waals surface area (Å²) in [4.78, 5) is 61.3. The first-order valence-corrected chi connectivity index (χ1v) is 13.8. The lowest BCUT2D eigenvalue weighted by Crippen LogP contribution is -2.18. The molecule has 0 aliphatic rings. The molecule has 0 N–H and O–H groups in total. The minimum absolute atomic E-state index is 0.132. The highest BCUT2D eigenvalue weighted by Gasteiger charge is 2.30.